The number of non-ortho nitro benzene ring substituents is 1. The van der Waals surface area contributed by atoms with Crippen molar-refractivity contribution in [2.24, 2.45) is 0 Å². The van der Waals surface area contributed by atoms with Crippen molar-refractivity contribution in [3.05, 3.63) is 34.4 Å². The van der Waals surface area contributed by atoms with Gasteiger partial charge >= 0.3 is 11.8 Å². The minimum absolute atomic E-state index is 0.000736. The lowest BCUT2D eigenvalue weighted by molar-refractivity contribution is -0.384. The van der Waals surface area contributed by atoms with Crippen LogP contribution in [0.25, 0.3) is 0 Å². The molecule has 2 rings (SSSR count). The van der Waals surface area contributed by atoms with Crippen LogP contribution in [0.4, 0.5) is 11.4 Å². The molecule has 2 amide bonds. The molecule has 1 heterocycles. The molecule has 1 aromatic rings. The molecule has 1 aliphatic heterocycles. The molecule has 1 aliphatic rings. The van der Waals surface area contributed by atoms with Crippen LogP contribution < -0.4 is 5.32 Å². The summed E-state index contributed by atoms with van der Waals surface area (Å²) in [5.74, 6) is -1.93. The number of amides is 2. The van der Waals surface area contributed by atoms with Crippen molar-refractivity contribution in [1.29, 1.82) is 0 Å². The topological polar surface area (TPSA) is 127 Å². The maximum Gasteiger partial charge on any atom is 0.313 e. The first kappa shape index (κ1) is 16.9. The number of benzene rings is 1. The first-order valence-corrected chi connectivity index (χ1v) is 8.55. The summed E-state index contributed by atoms with van der Waals surface area (Å²) in [6.45, 7) is 0. The summed E-state index contributed by atoms with van der Waals surface area (Å²) in [5, 5.41) is 12.9. The average molecular weight is 341 g/mol. The highest BCUT2D eigenvalue weighted by atomic mass is 32.2. The third-order valence-electron chi connectivity index (χ3n) is 3.61. The van der Waals surface area contributed by atoms with Crippen LogP contribution in [-0.2, 0) is 19.4 Å². The zero-order valence-electron chi connectivity index (χ0n) is 12.3. The number of rotatable bonds is 3. The number of carbonyl (C=O) groups is 2. The van der Waals surface area contributed by atoms with E-state index in [0.29, 0.717) is 6.42 Å². The summed E-state index contributed by atoms with van der Waals surface area (Å²) in [6, 6.07) is 4.50. The highest BCUT2D eigenvalue weighted by Crippen LogP contribution is 2.18. The molecule has 0 bridgehead atoms. The molecule has 23 heavy (non-hydrogen) atoms. The van der Waals surface area contributed by atoms with Crippen LogP contribution >= 0.6 is 0 Å². The number of hydrogen-bond acceptors (Lipinski definition) is 6. The van der Waals surface area contributed by atoms with Crippen molar-refractivity contribution in [2.75, 3.05) is 23.9 Å². The Kier molecular flexibility index (Phi) is 4.64. The summed E-state index contributed by atoms with van der Waals surface area (Å²) < 4.78 is 22.8. The Labute approximate surface area is 132 Å². The molecule has 1 saturated heterocycles. The Morgan fingerprint density at radius 3 is 2.39 bits per heavy atom. The number of carbonyl (C=O) groups excluding carboxylic acids is 2. The summed E-state index contributed by atoms with van der Waals surface area (Å²) >= 11 is 0. The molecular formula is C13H15N3O6S. The summed E-state index contributed by atoms with van der Waals surface area (Å²) in [7, 11) is -1.78. The zero-order valence-corrected chi connectivity index (χ0v) is 13.1. The molecule has 1 aromatic carbocycles. The van der Waals surface area contributed by atoms with Gasteiger partial charge in [-0.15, -0.1) is 0 Å². The van der Waals surface area contributed by atoms with Crippen molar-refractivity contribution >= 4 is 33.0 Å². The molecule has 1 N–H and O–H groups in total. The monoisotopic (exact) mass is 341 g/mol. The fourth-order valence-electron chi connectivity index (χ4n) is 2.26. The second-order valence-electron chi connectivity index (χ2n) is 5.23. The standard InChI is InChI=1S/C13H15N3O6S/c1-15(11-6-7-23(21,22)8-11)13(18)12(17)14-9-2-4-10(5-3-9)16(19)20/h2-5,11H,6-8H2,1H3,(H,14,17). The van der Waals surface area contributed by atoms with Gasteiger partial charge in [0.15, 0.2) is 9.84 Å². The van der Waals surface area contributed by atoms with Gasteiger partial charge in [0.25, 0.3) is 5.69 Å². The van der Waals surface area contributed by atoms with Gasteiger partial charge in [0.1, 0.15) is 0 Å². The molecule has 1 unspecified atom stereocenters. The Hall–Kier alpha value is -2.49. The van der Waals surface area contributed by atoms with Crippen LogP contribution in [0.5, 0.6) is 0 Å². The second kappa shape index (κ2) is 6.32. The summed E-state index contributed by atoms with van der Waals surface area (Å²) in [6.07, 6.45) is 0.301. The quantitative estimate of drug-likeness (QED) is 0.475. The number of nitrogens with one attached hydrogen (secondary N) is 1. The van der Waals surface area contributed by atoms with Crippen molar-refractivity contribution in [3.8, 4) is 0 Å². The first-order chi connectivity index (χ1) is 10.7. The highest BCUT2D eigenvalue weighted by Gasteiger charge is 2.34. The maximum atomic E-state index is 12.0. The molecule has 10 heteroatoms. The average Bonchev–Trinajstić information content (AvgIpc) is 2.86. The van der Waals surface area contributed by atoms with Crippen LogP contribution in [0.3, 0.4) is 0 Å². The number of anilines is 1. The molecule has 1 atom stereocenters. The molecule has 1 fully saturated rings. The minimum atomic E-state index is -3.16. The fourth-order valence-corrected chi connectivity index (χ4v) is 4.03. The maximum absolute atomic E-state index is 12.0. The largest absolute Gasteiger partial charge is 0.333 e. The third-order valence-corrected chi connectivity index (χ3v) is 5.36. The van der Waals surface area contributed by atoms with Crippen molar-refractivity contribution in [2.45, 2.75) is 12.5 Å². The van der Waals surface area contributed by atoms with E-state index in [1.165, 1.54) is 31.3 Å². The number of nitrogens with zero attached hydrogens (tertiary/aromatic N) is 2. The molecule has 0 aliphatic carbocycles. The lowest BCUT2D eigenvalue weighted by Gasteiger charge is -2.22. The van der Waals surface area contributed by atoms with E-state index in [2.05, 4.69) is 5.32 Å². The predicted octanol–water partition coefficient (Wildman–Crippen LogP) is 0.179. The molecule has 0 spiro atoms. The first-order valence-electron chi connectivity index (χ1n) is 6.72. The van der Waals surface area contributed by atoms with Crippen molar-refractivity contribution in [3.63, 3.8) is 0 Å². The van der Waals surface area contributed by atoms with Gasteiger partial charge in [-0.3, -0.25) is 19.7 Å². The number of likely N-dealkylation sites (N-methyl/N-ethyl adjacent to an activating group) is 1. The number of sulfone groups is 1. The van der Waals surface area contributed by atoms with E-state index < -0.39 is 32.6 Å². The predicted molar refractivity (Wildman–Crippen MR) is 81.6 cm³/mol. The van der Waals surface area contributed by atoms with E-state index in [4.69, 9.17) is 0 Å². The van der Waals surface area contributed by atoms with Crippen LogP contribution in [0.15, 0.2) is 24.3 Å². The highest BCUT2D eigenvalue weighted by molar-refractivity contribution is 7.91. The van der Waals surface area contributed by atoms with Gasteiger partial charge in [-0.05, 0) is 18.6 Å². The lowest BCUT2D eigenvalue weighted by Crippen LogP contribution is -2.43. The molecular weight excluding hydrogens is 326 g/mol. The van der Waals surface area contributed by atoms with E-state index >= 15 is 0 Å². The third kappa shape index (κ3) is 4.03. The molecule has 9 nitrogen and oxygen atoms in total. The van der Waals surface area contributed by atoms with E-state index in [1.807, 2.05) is 0 Å². The van der Waals surface area contributed by atoms with E-state index in [-0.39, 0.29) is 22.9 Å². The van der Waals surface area contributed by atoms with Crippen LogP contribution in [0, 0.1) is 10.1 Å². The van der Waals surface area contributed by atoms with Gasteiger partial charge in [0.05, 0.1) is 16.4 Å². The zero-order chi connectivity index (χ0) is 17.2. The SMILES string of the molecule is CN(C(=O)C(=O)Nc1ccc([N+](=O)[O-])cc1)C1CCS(=O)(=O)C1. The van der Waals surface area contributed by atoms with E-state index in [0.717, 1.165) is 4.90 Å². The van der Waals surface area contributed by atoms with E-state index in [9.17, 15) is 28.1 Å². The smallest absolute Gasteiger partial charge is 0.313 e. The van der Waals surface area contributed by atoms with Crippen molar-refractivity contribution in [1.82, 2.24) is 4.90 Å². The Balaban J connectivity index is 1.99. The Morgan fingerprint density at radius 1 is 1.30 bits per heavy atom. The number of nitro groups is 1. The normalized spacial score (nSPS) is 19.1. The van der Waals surface area contributed by atoms with Gasteiger partial charge < -0.3 is 10.2 Å². The van der Waals surface area contributed by atoms with Gasteiger partial charge in [-0.25, -0.2) is 8.42 Å². The lowest BCUT2D eigenvalue weighted by atomic mass is 10.2. The number of nitro benzene ring substituents is 1. The molecule has 0 radical (unpaired) electrons. The Morgan fingerprint density at radius 2 is 1.91 bits per heavy atom. The second-order valence-corrected chi connectivity index (χ2v) is 7.46. The van der Waals surface area contributed by atoms with Crippen LogP contribution in [0.1, 0.15) is 6.42 Å². The van der Waals surface area contributed by atoms with Crippen LogP contribution in [-0.4, -0.2) is 54.7 Å². The summed E-state index contributed by atoms with van der Waals surface area (Å²) in [4.78, 5) is 35.0. The van der Waals surface area contributed by atoms with Gasteiger partial charge in [-0.2, -0.15) is 0 Å². The molecule has 124 valence electrons. The van der Waals surface area contributed by atoms with Gasteiger partial charge in [-0.1, -0.05) is 0 Å². The van der Waals surface area contributed by atoms with Crippen molar-refractivity contribution < 1.29 is 22.9 Å². The van der Waals surface area contributed by atoms with Gasteiger partial charge in [0.2, 0.25) is 0 Å². The summed E-state index contributed by atoms with van der Waals surface area (Å²) in [5.41, 5.74) is 0.101. The minimum Gasteiger partial charge on any atom is -0.333 e. The molecule has 0 aromatic heterocycles. The van der Waals surface area contributed by atoms with Crippen LogP contribution in [0.2, 0.25) is 0 Å². The molecule has 0 saturated carbocycles. The Bertz CT molecular complexity index is 743. The van der Waals surface area contributed by atoms with E-state index in [1.54, 1.807) is 0 Å². The fraction of sp³-hybridized carbons (Fsp3) is 0.385. The number of hydrogen-bond donors (Lipinski definition) is 1. The van der Waals surface area contributed by atoms with Gasteiger partial charge in [0, 0.05) is 30.9 Å².